The second kappa shape index (κ2) is 11.1. The summed E-state index contributed by atoms with van der Waals surface area (Å²) in [5, 5.41) is 9.86. The van der Waals surface area contributed by atoms with Crippen LogP contribution in [0.15, 0.2) is 48.7 Å². The third-order valence-corrected chi connectivity index (χ3v) is 6.36. The van der Waals surface area contributed by atoms with Crippen LogP contribution < -0.4 is 14.8 Å². The van der Waals surface area contributed by atoms with Gasteiger partial charge in [-0.25, -0.2) is 9.37 Å². The lowest BCUT2D eigenvalue weighted by molar-refractivity contribution is 0.0342. The van der Waals surface area contributed by atoms with Crippen molar-refractivity contribution in [1.29, 1.82) is 0 Å². The summed E-state index contributed by atoms with van der Waals surface area (Å²) < 4.78 is 31.6. The molecule has 0 unspecified atom stereocenters. The van der Waals surface area contributed by atoms with Crippen LogP contribution in [0.1, 0.15) is 21.5 Å². The van der Waals surface area contributed by atoms with Gasteiger partial charge in [-0.3, -0.25) is 14.8 Å². The largest absolute Gasteiger partial charge is 0.486 e. The van der Waals surface area contributed by atoms with E-state index in [-0.39, 0.29) is 22.9 Å². The number of benzene rings is 2. The van der Waals surface area contributed by atoms with Gasteiger partial charge in [0, 0.05) is 19.6 Å². The Labute approximate surface area is 217 Å². The summed E-state index contributed by atoms with van der Waals surface area (Å²) in [5.74, 6) is -1.32. The number of H-pyrrole nitrogens is 1. The number of hydrogen-bond acceptors (Lipinski definition) is 7. The van der Waals surface area contributed by atoms with E-state index >= 15 is 4.39 Å². The van der Waals surface area contributed by atoms with Crippen LogP contribution in [-0.4, -0.2) is 59.4 Å². The second-order valence-electron chi connectivity index (χ2n) is 8.54. The summed E-state index contributed by atoms with van der Waals surface area (Å²) in [4.78, 5) is 19.5. The van der Waals surface area contributed by atoms with Gasteiger partial charge < -0.3 is 19.5 Å². The lowest BCUT2D eigenvalue weighted by Crippen LogP contribution is -2.35. The molecule has 2 N–H and O–H groups in total. The fourth-order valence-corrected chi connectivity index (χ4v) is 4.30. The molecular weight excluding hydrogens is 501 g/mol. The molecule has 2 aromatic carbocycles. The molecule has 0 saturated carbocycles. The molecular formula is C26H25ClFN5O4. The molecule has 1 saturated heterocycles. The van der Waals surface area contributed by atoms with Crippen molar-refractivity contribution in [3.63, 3.8) is 0 Å². The highest BCUT2D eigenvalue weighted by Crippen LogP contribution is 2.30. The van der Waals surface area contributed by atoms with Crippen molar-refractivity contribution in [3.8, 4) is 11.6 Å². The van der Waals surface area contributed by atoms with Gasteiger partial charge in [0.15, 0.2) is 17.2 Å². The van der Waals surface area contributed by atoms with E-state index in [0.717, 1.165) is 38.4 Å². The number of ether oxygens (including phenoxy) is 3. The Morgan fingerprint density at radius 3 is 2.70 bits per heavy atom. The molecule has 37 heavy (non-hydrogen) atoms. The van der Waals surface area contributed by atoms with E-state index in [9.17, 15) is 4.79 Å². The summed E-state index contributed by atoms with van der Waals surface area (Å²) in [6, 6.07) is 12.4. The molecule has 1 aliphatic rings. The van der Waals surface area contributed by atoms with Crippen LogP contribution in [0.2, 0.25) is 5.02 Å². The molecule has 1 amide bonds. The minimum atomic E-state index is -0.844. The average Bonchev–Trinajstić information content (AvgIpc) is 3.32. The zero-order valence-electron chi connectivity index (χ0n) is 20.1. The lowest BCUT2D eigenvalue weighted by Gasteiger charge is -2.26. The summed E-state index contributed by atoms with van der Waals surface area (Å²) in [5.41, 5.74) is 2.56. The summed E-state index contributed by atoms with van der Waals surface area (Å²) in [6.45, 7) is 4.33. The lowest BCUT2D eigenvalue weighted by atomic mass is 10.1. The first-order valence-corrected chi connectivity index (χ1v) is 12.1. The number of hydrogen-bond donors (Lipinski definition) is 2. The number of aromatic amines is 1. The third-order valence-electron chi connectivity index (χ3n) is 6.04. The Balaban J connectivity index is 1.26. The van der Waals surface area contributed by atoms with Crippen LogP contribution in [-0.2, 0) is 17.9 Å². The molecule has 9 nitrogen and oxygen atoms in total. The maximum absolute atomic E-state index is 15.3. The Morgan fingerprint density at radius 2 is 1.95 bits per heavy atom. The molecule has 0 spiro atoms. The van der Waals surface area contributed by atoms with E-state index in [0.29, 0.717) is 22.6 Å². The molecule has 192 valence electrons. The molecule has 11 heteroatoms. The number of pyridine rings is 1. The van der Waals surface area contributed by atoms with Gasteiger partial charge in [-0.1, -0.05) is 35.9 Å². The molecule has 3 heterocycles. The average molecular weight is 526 g/mol. The van der Waals surface area contributed by atoms with Crippen LogP contribution in [0.25, 0.3) is 11.0 Å². The fraction of sp³-hybridized carbons (Fsp3) is 0.269. The number of amides is 1. The van der Waals surface area contributed by atoms with Crippen LogP contribution >= 0.6 is 11.6 Å². The van der Waals surface area contributed by atoms with Crippen molar-refractivity contribution in [3.05, 3.63) is 76.2 Å². The number of methoxy groups -OCH3 is 1. The van der Waals surface area contributed by atoms with E-state index < -0.39 is 11.7 Å². The Bertz CT molecular complexity index is 1410. The smallest absolute Gasteiger partial charge is 0.260 e. The number of fused-ring (bicyclic) bond motifs is 1. The second-order valence-corrected chi connectivity index (χ2v) is 8.94. The van der Waals surface area contributed by atoms with Crippen LogP contribution in [0, 0.1) is 5.82 Å². The van der Waals surface area contributed by atoms with Gasteiger partial charge in [-0.05, 0) is 29.3 Å². The van der Waals surface area contributed by atoms with E-state index in [1.165, 1.54) is 31.0 Å². The standard InChI is InChI=1S/C26H25ClFN5O4/c1-35-26-19-12-18(13-29-24(19)31-32-26)30-25(34)22-20(27)6-7-21(23(22)28)37-15-17-4-2-16(3-5-17)14-33-8-10-36-11-9-33/h2-7,12-13H,8-11,14-15H2,1H3,(H,30,34)(H,29,31,32). The van der Waals surface area contributed by atoms with Crippen molar-refractivity contribution >= 4 is 34.2 Å². The van der Waals surface area contributed by atoms with Crippen molar-refractivity contribution in [1.82, 2.24) is 20.1 Å². The number of halogens is 2. The van der Waals surface area contributed by atoms with E-state index in [1.54, 1.807) is 6.07 Å². The van der Waals surface area contributed by atoms with Crippen LogP contribution in [0.3, 0.4) is 0 Å². The first kappa shape index (κ1) is 24.9. The van der Waals surface area contributed by atoms with Gasteiger partial charge in [0.2, 0.25) is 5.88 Å². The molecule has 2 aromatic heterocycles. The number of anilines is 1. The van der Waals surface area contributed by atoms with Gasteiger partial charge >= 0.3 is 0 Å². The summed E-state index contributed by atoms with van der Waals surface area (Å²) in [6.07, 6.45) is 1.42. The molecule has 0 radical (unpaired) electrons. The molecule has 0 atom stereocenters. The van der Waals surface area contributed by atoms with Gasteiger partial charge in [0.05, 0.1) is 48.2 Å². The number of nitrogens with zero attached hydrogens (tertiary/aromatic N) is 3. The maximum atomic E-state index is 15.3. The van der Waals surface area contributed by atoms with Gasteiger partial charge in [-0.15, -0.1) is 5.10 Å². The van der Waals surface area contributed by atoms with Gasteiger partial charge in [0.25, 0.3) is 5.91 Å². The highest BCUT2D eigenvalue weighted by atomic mass is 35.5. The number of carbonyl (C=O) groups excluding carboxylic acids is 1. The number of aromatic nitrogens is 3. The summed E-state index contributed by atoms with van der Waals surface area (Å²) >= 11 is 6.18. The maximum Gasteiger partial charge on any atom is 0.260 e. The SMILES string of the molecule is COc1n[nH]c2ncc(NC(=O)c3c(Cl)ccc(OCc4ccc(CN5CCOCC5)cc4)c3F)cc12. The van der Waals surface area contributed by atoms with E-state index in [2.05, 4.69) is 25.4 Å². The van der Waals surface area contributed by atoms with Gasteiger partial charge in [-0.2, -0.15) is 0 Å². The molecule has 4 aromatic rings. The number of morpholine rings is 1. The molecule has 0 aliphatic carbocycles. The highest BCUT2D eigenvalue weighted by Gasteiger charge is 2.21. The van der Waals surface area contributed by atoms with Crippen molar-refractivity contribution in [2.45, 2.75) is 13.2 Å². The van der Waals surface area contributed by atoms with Gasteiger partial charge in [0.1, 0.15) is 6.61 Å². The van der Waals surface area contributed by atoms with Crippen molar-refractivity contribution < 1.29 is 23.4 Å². The fourth-order valence-electron chi connectivity index (χ4n) is 4.07. The Kier molecular flexibility index (Phi) is 7.50. The van der Waals surface area contributed by atoms with Crippen LogP contribution in [0.5, 0.6) is 11.6 Å². The quantitative estimate of drug-likeness (QED) is 0.351. The Hall–Kier alpha value is -3.73. The minimum Gasteiger partial charge on any atom is -0.486 e. The zero-order chi connectivity index (χ0) is 25.8. The number of carbonyl (C=O) groups is 1. The number of nitrogens with one attached hydrogen (secondary N) is 2. The van der Waals surface area contributed by atoms with Crippen molar-refractivity contribution in [2.24, 2.45) is 0 Å². The molecule has 1 fully saturated rings. The highest BCUT2D eigenvalue weighted by molar-refractivity contribution is 6.34. The van der Waals surface area contributed by atoms with Crippen LogP contribution in [0.4, 0.5) is 10.1 Å². The monoisotopic (exact) mass is 525 g/mol. The van der Waals surface area contributed by atoms with E-state index in [4.69, 9.17) is 25.8 Å². The predicted molar refractivity (Wildman–Crippen MR) is 137 cm³/mol. The third kappa shape index (κ3) is 5.66. The van der Waals surface area contributed by atoms with Crippen molar-refractivity contribution in [2.75, 3.05) is 38.7 Å². The Morgan fingerprint density at radius 1 is 1.19 bits per heavy atom. The predicted octanol–water partition coefficient (Wildman–Crippen LogP) is 4.42. The molecule has 1 aliphatic heterocycles. The number of rotatable bonds is 8. The minimum absolute atomic E-state index is 0.0373. The topological polar surface area (TPSA) is 102 Å². The summed E-state index contributed by atoms with van der Waals surface area (Å²) in [7, 11) is 1.47. The normalized spacial score (nSPS) is 14.0. The first-order chi connectivity index (χ1) is 18.0. The zero-order valence-corrected chi connectivity index (χ0v) is 20.8. The molecule has 5 rings (SSSR count). The molecule has 0 bridgehead atoms. The first-order valence-electron chi connectivity index (χ1n) is 11.7. The van der Waals surface area contributed by atoms with E-state index in [1.807, 2.05) is 24.3 Å².